The Hall–Kier alpha value is -2.09. The third kappa shape index (κ3) is 5.99. The van der Waals surface area contributed by atoms with Crippen LogP contribution in [0.4, 0.5) is 5.82 Å². The number of rotatable bonds is 8. The molecule has 1 aromatic heterocycles. The highest BCUT2D eigenvalue weighted by Crippen LogP contribution is 2.22. The Kier molecular flexibility index (Phi) is 8.35. The molecule has 0 spiro atoms. The van der Waals surface area contributed by atoms with Crippen LogP contribution in [0, 0.1) is 11.8 Å². The summed E-state index contributed by atoms with van der Waals surface area (Å²) in [6.07, 6.45) is 6.04. The lowest BCUT2D eigenvalue weighted by molar-refractivity contribution is -0.125. The predicted molar refractivity (Wildman–Crippen MR) is 124 cm³/mol. The zero-order valence-corrected chi connectivity index (χ0v) is 19.4. The summed E-state index contributed by atoms with van der Waals surface area (Å²) < 4.78 is 2.82. The predicted octanol–water partition coefficient (Wildman–Crippen LogP) is 1.41. The fourth-order valence-electron chi connectivity index (χ4n) is 4.70. The van der Waals surface area contributed by atoms with Crippen LogP contribution in [-0.2, 0) is 18.4 Å². The molecule has 2 aliphatic heterocycles. The molecule has 1 aromatic rings. The van der Waals surface area contributed by atoms with E-state index in [1.165, 1.54) is 39.0 Å². The average molecular weight is 434 g/mol. The van der Waals surface area contributed by atoms with Crippen LogP contribution >= 0.6 is 0 Å². The van der Waals surface area contributed by atoms with Crippen molar-refractivity contribution in [1.29, 1.82) is 0 Å². The van der Waals surface area contributed by atoms with Gasteiger partial charge in [0.05, 0.1) is 5.92 Å². The van der Waals surface area contributed by atoms with Gasteiger partial charge in [0.2, 0.25) is 5.91 Å². The molecule has 0 saturated carbocycles. The highest BCUT2D eigenvalue weighted by molar-refractivity contribution is 5.79. The summed E-state index contributed by atoms with van der Waals surface area (Å²) in [7, 11) is 1.51. The second kappa shape index (κ2) is 11.0. The van der Waals surface area contributed by atoms with Crippen molar-refractivity contribution in [3.05, 3.63) is 26.9 Å². The number of likely N-dealkylation sites (tertiary alicyclic amines) is 1. The minimum absolute atomic E-state index is 0.0881. The summed E-state index contributed by atoms with van der Waals surface area (Å²) in [5.41, 5.74) is -0.589. The van der Waals surface area contributed by atoms with Crippen molar-refractivity contribution in [2.24, 2.45) is 18.9 Å². The summed E-state index contributed by atoms with van der Waals surface area (Å²) in [5.74, 6) is 1.46. The van der Waals surface area contributed by atoms with E-state index in [-0.39, 0.29) is 23.1 Å². The molecule has 3 rings (SSSR count). The van der Waals surface area contributed by atoms with E-state index < -0.39 is 0 Å². The lowest BCUT2D eigenvalue weighted by Crippen LogP contribution is -2.47. The minimum Gasteiger partial charge on any atom is -0.357 e. The molecule has 8 nitrogen and oxygen atoms in total. The van der Waals surface area contributed by atoms with Gasteiger partial charge in [-0.05, 0) is 64.1 Å². The molecular weight excluding hydrogens is 394 g/mol. The third-order valence-electron chi connectivity index (χ3n) is 6.77. The smallest absolute Gasteiger partial charge is 0.332 e. The van der Waals surface area contributed by atoms with Crippen molar-refractivity contribution in [3.63, 3.8) is 0 Å². The molecule has 1 unspecified atom stereocenters. The van der Waals surface area contributed by atoms with E-state index in [1.807, 2.05) is 11.8 Å². The molecule has 0 aromatic carbocycles. The van der Waals surface area contributed by atoms with Crippen molar-refractivity contribution in [3.8, 4) is 0 Å². The van der Waals surface area contributed by atoms with E-state index in [0.29, 0.717) is 25.5 Å². The molecule has 0 aliphatic carbocycles. The largest absolute Gasteiger partial charge is 0.357 e. The monoisotopic (exact) mass is 433 g/mol. The Morgan fingerprint density at radius 2 is 1.87 bits per heavy atom. The Morgan fingerprint density at radius 3 is 2.58 bits per heavy atom. The van der Waals surface area contributed by atoms with Crippen molar-refractivity contribution in [2.75, 3.05) is 44.2 Å². The molecule has 2 fully saturated rings. The Labute approximate surface area is 185 Å². The van der Waals surface area contributed by atoms with Crippen molar-refractivity contribution < 1.29 is 4.79 Å². The Bertz CT molecular complexity index is 854. The highest BCUT2D eigenvalue weighted by Gasteiger charge is 2.28. The van der Waals surface area contributed by atoms with Gasteiger partial charge in [0.25, 0.3) is 5.56 Å². The standard InChI is InChI=1S/C23H39N5O3/c1-4-11-28-20(16-21(29)25(3)23(28)31)27-13-5-7-19(17-27)22(30)24-10-6-12-26-14-8-18(2)9-15-26/h16,18-19H,4-15,17H2,1-3H3,(H,24,30). The van der Waals surface area contributed by atoms with E-state index in [4.69, 9.17) is 0 Å². The zero-order valence-electron chi connectivity index (χ0n) is 19.4. The molecule has 1 atom stereocenters. The van der Waals surface area contributed by atoms with Crippen LogP contribution in [0.5, 0.6) is 0 Å². The number of nitrogens with one attached hydrogen (secondary N) is 1. The number of hydrogen-bond donors (Lipinski definition) is 1. The van der Waals surface area contributed by atoms with E-state index in [0.717, 1.165) is 49.3 Å². The van der Waals surface area contributed by atoms with Gasteiger partial charge < -0.3 is 15.1 Å². The van der Waals surface area contributed by atoms with Crippen LogP contribution in [0.3, 0.4) is 0 Å². The molecule has 8 heteroatoms. The van der Waals surface area contributed by atoms with Crippen LogP contribution in [0.15, 0.2) is 15.7 Å². The highest BCUT2D eigenvalue weighted by atomic mass is 16.2. The van der Waals surface area contributed by atoms with Gasteiger partial charge >= 0.3 is 5.69 Å². The average Bonchev–Trinajstić information content (AvgIpc) is 2.78. The first kappa shape index (κ1) is 23.6. The maximum atomic E-state index is 12.8. The van der Waals surface area contributed by atoms with Crippen LogP contribution in [0.1, 0.15) is 52.4 Å². The van der Waals surface area contributed by atoms with Gasteiger partial charge in [-0.1, -0.05) is 13.8 Å². The first-order valence-electron chi connectivity index (χ1n) is 12.0. The van der Waals surface area contributed by atoms with Gasteiger partial charge in [0.15, 0.2) is 0 Å². The molecule has 2 saturated heterocycles. The SMILES string of the molecule is CCCn1c(N2CCCC(C(=O)NCCCN3CCC(C)CC3)C2)cc(=O)n(C)c1=O. The second-order valence-corrected chi connectivity index (χ2v) is 9.29. The summed E-state index contributed by atoms with van der Waals surface area (Å²) >= 11 is 0. The molecule has 0 radical (unpaired) electrons. The number of carbonyl (C=O) groups excluding carboxylic acids is 1. The van der Waals surface area contributed by atoms with E-state index >= 15 is 0 Å². The lowest BCUT2D eigenvalue weighted by Gasteiger charge is -2.35. The number of hydrogen-bond acceptors (Lipinski definition) is 5. The Balaban J connectivity index is 1.55. The Morgan fingerprint density at radius 1 is 1.13 bits per heavy atom. The topological polar surface area (TPSA) is 79.6 Å². The number of piperidine rings is 2. The van der Waals surface area contributed by atoms with E-state index in [2.05, 4.69) is 17.1 Å². The first-order valence-corrected chi connectivity index (χ1v) is 12.0. The number of anilines is 1. The molecule has 2 aliphatic rings. The van der Waals surface area contributed by atoms with Gasteiger partial charge in [-0.15, -0.1) is 0 Å². The number of carbonyl (C=O) groups is 1. The fraction of sp³-hybridized carbons (Fsp3) is 0.783. The van der Waals surface area contributed by atoms with E-state index in [1.54, 1.807) is 4.57 Å². The van der Waals surface area contributed by atoms with Crippen LogP contribution in [0.2, 0.25) is 0 Å². The summed E-state index contributed by atoms with van der Waals surface area (Å²) in [4.78, 5) is 42.2. The zero-order chi connectivity index (χ0) is 22.4. The molecule has 31 heavy (non-hydrogen) atoms. The van der Waals surface area contributed by atoms with Crippen LogP contribution in [0.25, 0.3) is 0 Å². The lowest BCUT2D eigenvalue weighted by atomic mass is 9.97. The minimum atomic E-state index is -0.300. The fourth-order valence-corrected chi connectivity index (χ4v) is 4.70. The van der Waals surface area contributed by atoms with Gasteiger partial charge in [-0.3, -0.25) is 18.7 Å². The van der Waals surface area contributed by atoms with Gasteiger partial charge in [0, 0.05) is 39.3 Å². The summed E-state index contributed by atoms with van der Waals surface area (Å²) in [6.45, 7) is 10.3. The van der Waals surface area contributed by atoms with Crippen molar-refractivity contribution >= 4 is 11.7 Å². The molecule has 0 bridgehead atoms. The maximum absolute atomic E-state index is 12.8. The van der Waals surface area contributed by atoms with Crippen molar-refractivity contribution in [2.45, 2.75) is 58.9 Å². The normalized spacial score (nSPS) is 20.7. The quantitative estimate of drug-likeness (QED) is 0.627. The first-order chi connectivity index (χ1) is 14.9. The second-order valence-electron chi connectivity index (χ2n) is 9.29. The van der Waals surface area contributed by atoms with Crippen molar-refractivity contribution in [1.82, 2.24) is 19.4 Å². The molecule has 1 N–H and O–H groups in total. The number of amides is 1. The van der Waals surface area contributed by atoms with Crippen LogP contribution < -0.4 is 21.5 Å². The molecule has 174 valence electrons. The molecule has 1 amide bonds. The van der Waals surface area contributed by atoms with E-state index in [9.17, 15) is 14.4 Å². The number of aromatic nitrogens is 2. The molecule has 3 heterocycles. The molecular formula is C23H39N5O3. The maximum Gasteiger partial charge on any atom is 0.332 e. The van der Waals surface area contributed by atoms with Crippen LogP contribution in [-0.4, -0.2) is 59.2 Å². The van der Waals surface area contributed by atoms with Gasteiger partial charge in [-0.25, -0.2) is 4.79 Å². The summed E-state index contributed by atoms with van der Waals surface area (Å²) in [5, 5.41) is 3.12. The number of nitrogens with zero attached hydrogens (tertiary/aromatic N) is 4. The summed E-state index contributed by atoms with van der Waals surface area (Å²) in [6, 6.07) is 1.54. The van der Waals surface area contributed by atoms with Gasteiger partial charge in [-0.2, -0.15) is 0 Å². The third-order valence-corrected chi connectivity index (χ3v) is 6.77. The van der Waals surface area contributed by atoms with Gasteiger partial charge in [0.1, 0.15) is 5.82 Å².